The van der Waals surface area contributed by atoms with Crippen LogP contribution in [0.15, 0.2) is 11.5 Å². The van der Waals surface area contributed by atoms with Gasteiger partial charge in [0.2, 0.25) is 0 Å². The van der Waals surface area contributed by atoms with Crippen LogP contribution in [0.2, 0.25) is 0 Å². The molecule has 1 unspecified atom stereocenters. The molecule has 0 radical (unpaired) electrons. The largest absolute Gasteiger partial charge is 0.381 e. The molecule has 0 rings (SSSR count). The minimum Gasteiger partial charge on any atom is -0.381 e. The van der Waals surface area contributed by atoms with Gasteiger partial charge >= 0.3 is 0 Å². The highest BCUT2D eigenvalue weighted by molar-refractivity contribution is 8.02. The molecule has 0 aliphatic carbocycles. The Labute approximate surface area is 66.5 Å². The molecule has 0 bridgehead atoms. The van der Waals surface area contributed by atoms with Crippen LogP contribution in [-0.4, -0.2) is 17.0 Å². The van der Waals surface area contributed by atoms with Crippen LogP contribution in [0.5, 0.6) is 0 Å². The van der Waals surface area contributed by atoms with E-state index in [0.29, 0.717) is 0 Å². The molecule has 0 amide bonds. The summed E-state index contributed by atoms with van der Waals surface area (Å²) in [5.41, 5.74) is 0. The van der Waals surface area contributed by atoms with Crippen LogP contribution in [0.25, 0.3) is 0 Å². The number of aliphatic hydroxyl groups excluding tert-OH is 1. The molecule has 0 fully saturated rings. The molecule has 1 atom stereocenters. The summed E-state index contributed by atoms with van der Waals surface area (Å²) in [6.07, 6.45) is 1.23. The number of hydrogen-bond acceptors (Lipinski definition) is 2. The zero-order valence-electron chi connectivity index (χ0n) is 6.29. The molecule has 1 nitrogen and oxygen atoms in total. The summed E-state index contributed by atoms with van der Waals surface area (Å²) in [6, 6.07) is 0. The third-order valence-corrected chi connectivity index (χ3v) is 1.37. The predicted molar refractivity (Wildman–Crippen MR) is 46.7 cm³/mol. The minimum absolute atomic E-state index is 0.517. The molecular weight excluding hydrogens is 144 g/mol. The summed E-state index contributed by atoms with van der Waals surface area (Å²) in [5, 5.41) is 10.6. The molecule has 0 saturated carbocycles. The fourth-order valence-electron chi connectivity index (χ4n) is 0.347. The van der Waals surface area contributed by atoms with Gasteiger partial charge in [-0.2, -0.15) is 0 Å². The summed E-state index contributed by atoms with van der Waals surface area (Å²) < 4.78 is 0. The molecule has 0 aromatic carbocycles. The maximum atomic E-state index is 8.69. The molecule has 0 spiro atoms. The third-order valence-electron chi connectivity index (χ3n) is 0.706. The van der Waals surface area contributed by atoms with Crippen LogP contribution in [0.1, 0.15) is 13.8 Å². The lowest BCUT2D eigenvalue weighted by atomic mass is 10.4. The van der Waals surface area contributed by atoms with E-state index in [0.717, 1.165) is 5.75 Å². The Balaban J connectivity index is 3.44. The molecule has 0 saturated heterocycles. The van der Waals surface area contributed by atoms with Crippen LogP contribution in [-0.2, 0) is 0 Å². The van der Waals surface area contributed by atoms with Crippen molar-refractivity contribution in [1.29, 1.82) is 0 Å². The van der Waals surface area contributed by atoms with Gasteiger partial charge in [-0.1, -0.05) is 18.8 Å². The summed E-state index contributed by atoms with van der Waals surface area (Å²) >= 11 is 1.70. The number of hydrogen-bond donors (Lipinski definition) is 1. The zero-order chi connectivity index (χ0) is 7.82. The van der Waals surface area contributed by atoms with Gasteiger partial charge < -0.3 is 5.11 Å². The van der Waals surface area contributed by atoms with E-state index >= 15 is 0 Å². The molecule has 2 heteroatoms. The Morgan fingerprint density at radius 2 is 2.40 bits per heavy atom. The van der Waals surface area contributed by atoms with Crippen molar-refractivity contribution in [2.24, 2.45) is 0 Å². The van der Waals surface area contributed by atoms with E-state index < -0.39 is 6.10 Å². The smallest absolute Gasteiger partial charge is 0.112 e. The fraction of sp³-hybridized carbons (Fsp3) is 0.500. The van der Waals surface area contributed by atoms with Crippen LogP contribution < -0.4 is 0 Å². The first-order valence-electron chi connectivity index (χ1n) is 3.23. The van der Waals surface area contributed by atoms with E-state index in [4.69, 9.17) is 5.11 Å². The van der Waals surface area contributed by atoms with Gasteiger partial charge in [-0.3, -0.25) is 0 Å². The van der Waals surface area contributed by atoms with E-state index in [-0.39, 0.29) is 0 Å². The lowest BCUT2D eigenvalue weighted by Crippen LogP contribution is -1.91. The first kappa shape index (κ1) is 9.61. The molecule has 0 aliphatic rings. The number of allylic oxidation sites excluding steroid dienone is 1. The van der Waals surface area contributed by atoms with E-state index in [2.05, 4.69) is 18.8 Å². The van der Waals surface area contributed by atoms with Crippen molar-refractivity contribution in [2.75, 3.05) is 5.75 Å². The predicted octanol–water partition coefficient (Wildman–Crippen LogP) is 1.64. The Morgan fingerprint density at radius 3 is 2.90 bits per heavy atom. The van der Waals surface area contributed by atoms with Crippen LogP contribution >= 0.6 is 11.8 Å². The summed E-state index contributed by atoms with van der Waals surface area (Å²) in [4.78, 5) is 0. The van der Waals surface area contributed by atoms with Crippen LogP contribution in [0.4, 0.5) is 0 Å². The van der Waals surface area contributed by atoms with Crippen LogP contribution in [0, 0.1) is 11.8 Å². The van der Waals surface area contributed by atoms with Crippen molar-refractivity contribution in [3.8, 4) is 11.8 Å². The Morgan fingerprint density at radius 1 is 1.70 bits per heavy atom. The third kappa shape index (κ3) is 7.61. The van der Waals surface area contributed by atoms with Gasteiger partial charge in [0.1, 0.15) is 6.10 Å². The zero-order valence-corrected chi connectivity index (χ0v) is 7.11. The van der Waals surface area contributed by atoms with Crippen molar-refractivity contribution in [3.63, 3.8) is 0 Å². The quantitative estimate of drug-likeness (QED) is 0.613. The van der Waals surface area contributed by atoms with E-state index in [1.807, 2.05) is 5.41 Å². The molecule has 0 heterocycles. The summed E-state index contributed by atoms with van der Waals surface area (Å²) in [5.74, 6) is 6.39. The topological polar surface area (TPSA) is 20.2 Å². The second-order valence-corrected chi connectivity index (χ2v) is 2.91. The maximum absolute atomic E-state index is 8.69. The molecule has 0 aromatic heterocycles. The molecule has 56 valence electrons. The van der Waals surface area contributed by atoms with Crippen molar-refractivity contribution < 1.29 is 5.11 Å². The van der Waals surface area contributed by atoms with Gasteiger partial charge in [0, 0.05) is 0 Å². The van der Waals surface area contributed by atoms with Gasteiger partial charge in [0.15, 0.2) is 0 Å². The average Bonchev–Trinajstić information content (AvgIpc) is 1.87. The second kappa shape index (κ2) is 6.73. The number of aliphatic hydroxyl groups is 1. The van der Waals surface area contributed by atoms with E-state index in [1.165, 1.54) is 0 Å². The standard InChI is InChI=1S/C8H12OS/c1-3-10-7-5-4-6-8(2)9/h5,7-9H,3H2,1-2H3/b7-5+. The minimum atomic E-state index is -0.517. The van der Waals surface area contributed by atoms with Crippen molar-refractivity contribution in [3.05, 3.63) is 11.5 Å². The van der Waals surface area contributed by atoms with Gasteiger partial charge in [-0.05, 0) is 24.2 Å². The lowest BCUT2D eigenvalue weighted by molar-refractivity contribution is 0.253. The van der Waals surface area contributed by atoms with Crippen molar-refractivity contribution in [1.82, 2.24) is 0 Å². The lowest BCUT2D eigenvalue weighted by Gasteiger charge is -1.84. The first-order chi connectivity index (χ1) is 4.77. The average molecular weight is 156 g/mol. The van der Waals surface area contributed by atoms with Gasteiger partial charge in [-0.25, -0.2) is 0 Å². The molecule has 0 aromatic rings. The Bertz CT molecular complexity index is 150. The number of thioether (sulfide) groups is 1. The second-order valence-electron chi connectivity index (χ2n) is 1.72. The van der Waals surface area contributed by atoms with E-state index in [9.17, 15) is 0 Å². The number of rotatable bonds is 2. The Kier molecular flexibility index (Phi) is 6.46. The molecule has 10 heavy (non-hydrogen) atoms. The highest BCUT2D eigenvalue weighted by atomic mass is 32.2. The first-order valence-corrected chi connectivity index (χ1v) is 4.28. The summed E-state index contributed by atoms with van der Waals surface area (Å²) in [6.45, 7) is 3.73. The highest BCUT2D eigenvalue weighted by Crippen LogP contribution is 1.98. The summed E-state index contributed by atoms with van der Waals surface area (Å²) in [7, 11) is 0. The van der Waals surface area contributed by atoms with Crippen molar-refractivity contribution in [2.45, 2.75) is 20.0 Å². The van der Waals surface area contributed by atoms with Gasteiger partial charge in [0.25, 0.3) is 0 Å². The monoisotopic (exact) mass is 156 g/mol. The molecular formula is C8H12OS. The maximum Gasteiger partial charge on any atom is 0.112 e. The SMILES string of the molecule is CCS/C=C/C#CC(C)O. The molecule has 1 N–H and O–H groups in total. The Hall–Kier alpha value is -0.390. The van der Waals surface area contributed by atoms with E-state index in [1.54, 1.807) is 24.8 Å². The van der Waals surface area contributed by atoms with Crippen LogP contribution in [0.3, 0.4) is 0 Å². The normalized spacial score (nSPS) is 12.7. The van der Waals surface area contributed by atoms with Crippen molar-refractivity contribution >= 4 is 11.8 Å². The van der Waals surface area contributed by atoms with Gasteiger partial charge in [-0.15, -0.1) is 11.8 Å². The molecule has 0 aliphatic heterocycles. The van der Waals surface area contributed by atoms with Gasteiger partial charge in [0.05, 0.1) is 0 Å². The highest BCUT2D eigenvalue weighted by Gasteiger charge is 1.79. The fourth-order valence-corrected chi connectivity index (χ4v) is 0.704.